The smallest absolute Gasteiger partial charge is 0.264 e. The molecule has 0 saturated carbocycles. The van der Waals surface area contributed by atoms with Crippen LogP contribution in [0.4, 0.5) is 0 Å². The molecule has 7 nitrogen and oxygen atoms in total. The molecule has 0 fully saturated rings. The molecule has 0 saturated heterocycles. The van der Waals surface area contributed by atoms with Gasteiger partial charge in [0.05, 0.1) is 25.5 Å². The van der Waals surface area contributed by atoms with Crippen LogP contribution in [-0.2, 0) is 13.6 Å². The molecule has 1 atom stereocenters. The van der Waals surface area contributed by atoms with Crippen LogP contribution in [0.1, 0.15) is 0 Å². The Morgan fingerprint density at radius 1 is 1.56 bits per heavy atom. The Bertz CT molecular complexity index is 559. The van der Waals surface area contributed by atoms with Gasteiger partial charge in [0.25, 0.3) is 5.56 Å². The van der Waals surface area contributed by atoms with Gasteiger partial charge < -0.3 is 10.2 Å². The fourth-order valence-electron chi connectivity index (χ4n) is 1.48. The molecule has 1 unspecified atom stereocenters. The average molecular weight is 224 g/mol. The van der Waals surface area contributed by atoms with Gasteiger partial charge in [0, 0.05) is 7.05 Å². The van der Waals surface area contributed by atoms with Gasteiger partial charge in [-0.15, -0.1) is 0 Å². The predicted molar refractivity (Wildman–Crippen MR) is 55.9 cm³/mol. The van der Waals surface area contributed by atoms with Crippen molar-refractivity contribution >= 4 is 11.0 Å². The molecule has 0 aromatic carbocycles. The lowest BCUT2D eigenvalue weighted by Gasteiger charge is -2.08. The second kappa shape index (κ2) is 4.03. The van der Waals surface area contributed by atoms with Gasteiger partial charge in [0.1, 0.15) is 11.7 Å². The molecule has 2 rings (SSSR count). The van der Waals surface area contributed by atoms with Gasteiger partial charge in [-0.25, -0.2) is 4.98 Å². The van der Waals surface area contributed by atoms with E-state index in [1.165, 1.54) is 21.8 Å². The summed E-state index contributed by atoms with van der Waals surface area (Å²) >= 11 is 0. The van der Waals surface area contributed by atoms with E-state index in [-0.39, 0.29) is 12.1 Å². The van der Waals surface area contributed by atoms with Crippen LogP contribution in [0.25, 0.3) is 11.0 Å². The lowest BCUT2D eigenvalue weighted by atomic mass is 10.3. The number of nitrogens with zero attached hydrogens (tertiary/aromatic N) is 4. The molecule has 0 amide bonds. The van der Waals surface area contributed by atoms with E-state index in [0.29, 0.717) is 11.0 Å². The third kappa shape index (κ3) is 1.70. The Hall–Kier alpha value is -1.73. The maximum absolute atomic E-state index is 11.9. The molecule has 0 spiro atoms. The molecule has 16 heavy (non-hydrogen) atoms. The summed E-state index contributed by atoms with van der Waals surface area (Å²) in [4.78, 5) is 15.9. The van der Waals surface area contributed by atoms with E-state index >= 15 is 0 Å². The van der Waals surface area contributed by atoms with Gasteiger partial charge in [-0.2, -0.15) is 5.10 Å². The monoisotopic (exact) mass is 224 g/mol. The Balaban J connectivity index is 2.49. The minimum atomic E-state index is -0.964. The maximum atomic E-state index is 11.9. The van der Waals surface area contributed by atoms with Crippen LogP contribution < -0.4 is 5.56 Å². The van der Waals surface area contributed by atoms with E-state index in [1.54, 1.807) is 7.05 Å². The van der Waals surface area contributed by atoms with Crippen molar-refractivity contribution in [3.63, 3.8) is 0 Å². The molecule has 2 aromatic rings. The van der Waals surface area contributed by atoms with Crippen LogP contribution in [0.3, 0.4) is 0 Å². The molecule has 0 aliphatic rings. The van der Waals surface area contributed by atoms with Gasteiger partial charge in [-0.05, 0) is 0 Å². The maximum Gasteiger partial charge on any atom is 0.264 e. The van der Waals surface area contributed by atoms with Crippen molar-refractivity contribution in [2.75, 3.05) is 6.61 Å². The highest BCUT2D eigenvalue weighted by molar-refractivity contribution is 5.72. The van der Waals surface area contributed by atoms with Crippen LogP contribution in [0, 0.1) is 0 Å². The average Bonchev–Trinajstić information content (AvgIpc) is 2.65. The van der Waals surface area contributed by atoms with Crippen molar-refractivity contribution in [1.29, 1.82) is 0 Å². The van der Waals surface area contributed by atoms with Crippen molar-refractivity contribution in [3.05, 3.63) is 22.9 Å². The quantitative estimate of drug-likeness (QED) is 0.660. The van der Waals surface area contributed by atoms with E-state index in [2.05, 4.69) is 10.1 Å². The zero-order valence-electron chi connectivity index (χ0n) is 8.74. The summed E-state index contributed by atoms with van der Waals surface area (Å²) in [6, 6.07) is 0. The molecule has 7 heteroatoms. The largest absolute Gasteiger partial charge is 0.394 e. The van der Waals surface area contributed by atoms with Crippen molar-refractivity contribution < 1.29 is 10.2 Å². The van der Waals surface area contributed by atoms with E-state index in [4.69, 9.17) is 5.11 Å². The van der Waals surface area contributed by atoms with Crippen molar-refractivity contribution in [1.82, 2.24) is 19.3 Å². The molecule has 0 aliphatic heterocycles. The molecule has 0 bridgehead atoms. The Kier molecular flexibility index (Phi) is 2.71. The Morgan fingerprint density at radius 2 is 2.31 bits per heavy atom. The molecule has 2 N–H and O–H groups in total. The summed E-state index contributed by atoms with van der Waals surface area (Å²) in [5.41, 5.74) is 0.227. The Labute approximate surface area is 90.6 Å². The number of aliphatic hydroxyl groups is 2. The minimum Gasteiger partial charge on any atom is -0.394 e. The molecule has 2 heterocycles. The van der Waals surface area contributed by atoms with E-state index in [9.17, 15) is 9.90 Å². The number of rotatable bonds is 3. The van der Waals surface area contributed by atoms with Gasteiger partial charge in [0.15, 0.2) is 5.65 Å². The van der Waals surface area contributed by atoms with Gasteiger partial charge in [0.2, 0.25) is 0 Å². The van der Waals surface area contributed by atoms with Crippen molar-refractivity contribution in [3.8, 4) is 0 Å². The fraction of sp³-hybridized carbons (Fsp3) is 0.444. The minimum absolute atomic E-state index is 0.0210. The van der Waals surface area contributed by atoms with Crippen LogP contribution in [0.15, 0.2) is 17.3 Å². The number of aryl methyl sites for hydroxylation is 1. The first-order valence-electron chi connectivity index (χ1n) is 4.79. The van der Waals surface area contributed by atoms with Crippen LogP contribution in [-0.4, -0.2) is 42.3 Å². The number of aliphatic hydroxyl groups excluding tert-OH is 2. The fourth-order valence-corrected chi connectivity index (χ4v) is 1.48. The van der Waals surface area contributed by atoms with Gasteiger partial charge >= 0.3 is 0 Å². The SMILES string of the molecule is Cn1ncc2c(=O)n(CC(O)CO)cnc21. The second-order valence-electron chi connectivity index (χ2n) is 3.54. The molecular formula is C9H12N4O3. The highest BCUT2D eigenvalue weighted by atomic mass is 16.3. The first-order chi connectivity index (χ1) is 7.63. The summed E-state index contributed by atoms with van der Waals surface area (Å²) in [7, 11) is 1.70. The summed E-state index contributed by atoms with van der Waals surface area (Å²) in [5.74, 6) is 0. The third-order valence-corrected chi connectivity index (χ3v) is 2.34. The van der Waals surface area contributed by atoms with Crippen molar-refractivity contribution in [2.45, 2.75) is 12.6 Å². The van der Waals surface area contributed by atoms with Crippen LogP contribution in [0.5, 0.6) is 0 Å². The van der Waals surface area contributed by atoms with E-state index in [0.717, 1.165) is 0 Å². The molecule has 86 valence electrons. The number of hydrogen-bond acceptors (Lipinski definition) is 5. The Morgan fingerprint density at radius 3 is 3.00 bits per heavy atom. The summed E-state index contributed by atoms with van der Waals surface area (Å²) < 4.78 is 2.76. The first kappa shape index (κ1) is 10.8. The molecular weight excluding hydrogens is 212 g/mol. The standard InChI is InChI=1S/C9H12N4O3/c1-12-8-7(2-11-12)9(16)13(5-10-8)3-6(15)4-14/h2,5-6,14-15H,3-4H2,1H3. The van der Waals surface area contributed by atoms with Crippen molar-refractivity contribution in [2.24, 2.45) is 7.05 Å². The second-order valence-corrected chi connectivity index (χ2v) is 3.54. The van der Waals surface area contributed by atoms with E-state index in [1.807, 2.05) is 0 Å². The summed E-state index contributed by atoms with van der Waals surface area (Å²) in [6.45, 7) is -0.370. The lowest BCUT2D eigenvalue weighted by molar-refractivity contribution is 0.0802. The normalized spacial score (nSPS) is 13.2. The summed E-state index contributed by atoms with van der Waals surface area (Å²) in [5, 5.41) is 22.3. The number of hydrogen-bond donors (Lipinski definition) is 2. The number of fused-ring (bicyclic) bond motifs is 1. The zero-order valence-corrected chi connectivity index (χ0v) is 8.74. The third-order valence-electron chi connectivity index (χ3n) is 2.34. The lowest BCUT2D eigenvalue weighted by Crippen LogP contribution is -2.28. The van der Waals surface area contributed by atoms with Crippen LogP contribution >= 0.6 is 0 Å². The molecule has 0 aliphatic carbocycles. The van der Waals surface area contributed by atoms with Gasteiger partial charge in [-0.3, -0.25) is 14.0 Å². The van der Waals surface area contributed by atoms with Gasteiger partial charge in [-0.1, -0.05) is 0 Å². The molecule has 2 aromatic heterocycles. The summed E-state index contributed by atoms with van der Waals surface area (Å²) in [6.07, 6.45) is 1.81. The van der Waals surface area contributed by atoms with Crippen LogP contribution in [0.2, 0.25) is 0 Å². The zero-order chi connectivity index (χ0) is 11.7. The predicted octanol–water partition coefficient (Wildman–Crippen LogP) is -1.52. The first-order valence-corrected chi connectivity index (χ1v) is 4.79. The highest BCUT2D eigenvalue weighted by Gasteiger charge is 2.10. The highest BCUT2D eigenvalue weighted by Crippen LogP contribution is 2.03. The topological polar surface area (TPSA) is 93.2 Å². The van der Waals surface area contributed by atoms with E-state index < -0.39 is 12.7 Å². The molecule has 0 radical (unpaired) electrons. The number of aromatic nitrogens is 4.